The summed E-state index contributed by atoms with van der Waals surface area (Å²) in [6.45, 7) is 3.47. The van der Waals surface area contributed by atoms with Crippen LogP contribution >= 0.6 is 0 Å². The van der Waals surface area contributed by atoms with Crippen molar-refractivity contribution in [3.63, 3.8) is 0 Å². The summed E-state index contributed by atoms with van der Waals surface area (Å²) in [6.07, 6.45) is 5.44. The van der Waals surface area contributed by atoms with Gasteiger partial charge in [0.25, 0.3) is 5.91 Å². The Bertz CT molecular complexity index is 630. The van der Waals surface area contributed by atoms with Gasteiger partial charge in [-0.15, -0.1) is 0 Å². The summed E-state index contributed by atoms with van der Waals surface area (Å²) < 4.78 is 10.4. The molecule has 7 heteroatoms. The van der Waals surface area contributed by atoms with Gasteiger partial charge in [-0.3, -0.25) is 4.79 Å². The Labute approximate surface area is 135 Å². The minimum absolute atomic E-state index is 0.0197. The largest absolute Gasteiger partial charge is 0.472 e. The van der Waals surface area contributed by atoms with Gasteiger partial charge in [-0.05, 0) is 32.9 Å². The van der Waals surface area contributed by atoms with E-state index >= 15 is 0 Å². The minimum atomic E-state index is 0.0197. The predicted octanol–water partition coefficient (Wildman–Crippen LogP) is 1.83. The summed E-state index contributed by atoms with van der Waals surface area (Å²) in [5.41, 5.74) is 0.601. The van der Waals surface area contributed by atoms with Gasteiger partial charge in [0.15, 0.2) is 5.82 Å². The molecule has 1 aliphatic rings. The monoisotopic (exact) mass is 318 g/mol. The Morgan fingerprint density at radius 2 is 2.26 bits per heavy atom. The number of piperidine rings is 1. The van der Waals surface area contributed by atoms with Crippen LogP contribution in [0.3, 0.4) is 0 Å². The average Bonchev–Trinajstić information content (AvgIpc) is 3.26. The first-order valence-electron chi connectivity index (χ1n) is 7.98. The Hall–Kier alpha value is -2.15. The van der Waals surface area contributed by atoms with Crippen molar-refractivity contribution in [1.82, 2.24) is 20.4 Å². The van der Waals surface area contributed by atoms with E-state index in [9.17, 15) is 4.79 Å². The minimum Gasteiger partial charge on any atom is -0.472 e. The molecule has 1 atom stereocenters. The molecule has 1 amide bonds. The number of carbonyl (C=O) groups excluding carboxylic acids is 1. The van der Waals surface area contributed by atoms with Crippen molar-refractivity contribution in [3.8, 4) is 0 Å². The molecule has 0 radical (unpaired) electrons. The zero-order valence-electron chi connectivity index (χ0n) is 13.5. The standard InChI is InChI=1S/C16H22N4O3/c1-11(17-2)9-14-18-15(23-19-14)12-3-6-20(7-4-12)16(21)13-5-8-22-10-13/h5,8,10-12,17H,3-4,6-7,9H2,1-2H3. The Morgan fingerprint density at radius 3 is 2.91 bits per heavy atom. The Balaban J connectivity index is 1.56. The average molecular weight is 318 g/mol. The van der Waals surface area contributed by atoms with Crippen LogP contribution < -0.4 is 5.32 Å². The van der Waals surface area contributed by atoms with Gasteiger partial charge < -0.3 is 19.2 Å². The molecule has 124 valence electrons. The highest BCUT2D eigenvalue weighted by atomic mass is 16.5. The molecule has 3 rings (SSSR count). The van der Waals surface area contributed by atoms with Crippen LogP contribution in [0.4, 0.5) is 0 Å². The number of furan rings is 1. The fourth-order valence-corrected chi connectivity index (χ4v) is 2.79. The highest BCUT2D eigenvalue weighted by Crippen LogP contribution is 2.27. The van der Waals surface area contributed by atoms with Gasteiger partial charge >= 0.3 is 0 Å². The molecule has 2 aromatic rings. The number of rotatable bonds is 5. The van der Waals surface area contributed by atoms with E-state index in [0.717, 1.165) is 25.1 Å². The van der Waals surface area contributed by atoms with Crippen LogP contribution in [0.2, 0.25) is 0 Å². The summed E-state index contributed by atoms with van der Waals surface area (Å²) in [5, 5.41) is 7.22. The van der Waals surface area contributed by atoms with E-state index in [1.54, 1.807) is 6.07 Å². The van der Waals surface area contributed by atoms with Gasteiger partial charge in [0.2, 0.25) is 5.89 Å². The molecule has 0 saturated carbocycles. The van der Waals surface area contributed by atoms with Gasteiger partial charge in [-0.25, -0.2) is 0 Å². The normalized spacial score (nSPS) is 17.4. The Morgan fingerprint density at radius 1 is 1.48 bits per heavy atom. The third kappa shape index (κ3) is 3.61. The number of aromatic nitrogens is 2. The molecule has 0 aromatic carbocycles. The molecule has 1 fully saturated rings. The van der Waals surface area contributed by atoms with Crippen LogP contribution in [-0.4, -0.2) is 47.1 Å². The smallest absolute Gasteiger partial charge is 0.257 e. The van der Waals surface area contributed by atoms with Crippen LogP contribution in [0, 0.1) is 0 Å². The van der Waals surface area contributed by atoms with E-state index in [0.29, 0.717) is 30.6 Å². The van der Waals surface area contributed by atoms with E-state index in [2.05, 4.69) is 22.4 Å². The number of likely N-dealkylation sites (N-methyl/N-ethyl adjacent to an activating group) is 1. The van der Waals surface area contributed by atoms with E-state index < -0.39 is 0 Å². The molecule has 23 heavy (non-hydrogen) atoms. The fourth-order valence-electron chi connectivity index (χ4n) is 2.79. The van der Waals surface area contributed by atoms with Crippen LogP contribution in [0.15, 0.2) is 27.5 Å². The zero-order valence-corrected chi connectivity index (χ0v) is 13.5. The molecule has 1 N–H and O–H groups in total. The maximum absolute atomic E-state index is 12.3. The summed E-state index contributed by atoms with van der Waals surface area (Å²) in [4.78, 5) is 18.6. The van der Waals surface area contributed by atoms with E-state index in [-0.39, 0.29) is 11.8 Å². The van der Waals surface area contributed by atoms with Crippen molar-refractivity contribution in [2.45, 2.75) is 38.1 Å². The van der Waals surface area contributed by atoms with Crippen LogP contribution in [0.5, 0.6) is 0 Å². The molecule has 1 unspecified atom stereocenters. The number of hydrogen-bond acceptors (Lipinski definition) is 6. The second-order valence-corrected chi connectivity index (χ2v) is 6.02. The van der Waals surface area contributed by atoms with Crippen LogP contribution in [0.25, 0.3) is 0 Å². The van der Waals surface area contributed by atoms with Crippen molar-refractivity contribution in [1.29, 1.82) is 0 Å². The number of hydrogen-bond donors (Lipinski definition) is 1. The van der Waals surface area contributed by atoms with Crippen LogP contribution in [-0.2, 0) is 6.42 Å². The van der Waals surface area contributed by atoms with Crippen molar-refractivity contribution in [3.05, 3.63) is 35.9 Å². The summed E-state index contributed by atoms with van der Waals surface area (Å²) in [7, 11) is 1.92. The van der Waals surface area contributed by atoms with E-state index in [1.807, 2.05) is 11.9 Å². The highest BCUT2D eigenvalue weighted by Gasteiger charge is 2.28. The molecular formula is C16H22N4O3. The highest BCUT2D eigenvalue weighted by molar-refractivity contribution is 5.93. The lowest BCUT2D eigenvalue weighted by Crippen LogP contribution is -2.37. The number of carbonyl (C=O) groups is 1. The topological polar surface area (TPSA) is 84.4 Å². The molecule has 0 bridgehead atoms. The lowest BCUT2D eigenvalue weighted by molar-refractivity contribution is 0.0704. The first kappa shape index (κ1) is 15.7. The maximum Gasteiger partial charge on any atom is 0.257 e. The fraction of sp³-hybridized carbons (Fsp3) is 0.562. The van der Waals surface area contributed by atoms with E-state index in [1.165, 1.54) is 12.5 Å². The molecule has 0 spiro atoms. The zero-order chi connectivity index (χ0) is 16.2. The molecule has 7 nitrogen and oxygen atoms in total. The van der Waals surface area contributed by atoms with Crippen LogP contribution in [0.1, 0.15) is 47.8 Å². The molecule has 3 heterocycles. The molecular weight excluding hydrogens is 296 g/mol. The van der Waals surface area contributed by atoms with Crippen molar-refractivity contribution in [2.75, 3.05) is 20.1 Å². The van der Waals surface area contributed by atoms with Crippen molar-refractivity contribution < 1.29 is 13.7 Å². The molecule has 2 aromatic heterocycles. The van der Waals surface area contributed by atoms with Gasteiger partial charge in [0.05, 0.1) is 11.8 Å². The first-order chi connectivity index (χ1) is 11.2. The van der Waals surface area contributed by atoms with Gasteiger partial charge in [-0.1, -0.05) is 5.16 Å². The second-order valence-electron chi connectivity index (χ2n) is 6.02. The molecule has 1 aliphatic heterocycles. The van der Waals surface area contributed by atoms with Crippen molar-refractivity contribution >= 4 is 5.91 Å². The molecule has 1 saturated heterocycles. The summed E-state index contributed by atoms with van der Waals surface area (Å²) in [6, 6.07) is 2.01. The third-order valence-electron chi connectivity index (χ3n) is 4.36. The number of nitrogens with zero attached hydrogens (tertiary/aromatic N) is 3. The lowest BCUT2D eigenvalue weighted by Gasteiger charge is -2.30. The number of amides is 1. The summed E-state index contributed by atoms with van der Waals surface area (Å²) in [5.74, 6) is 1.68. The van der Waals surface area contributed by atoms with Gasteiger partial charge in [-0.2, -0.15) is 4.98 Å². The lowest BCUT2D eigenvalue weighted by atomic mass is 9.96. The second kappa shape index (κ2) is 6.95. The number of likely N-dealkylation sites (tertiary alicyclic amines) is 1. The SMILES string of the molecule is CNC(C)Cc1noc(C2CCN(C(=O)c3ccoc3)CC2)n1. The first-order valence-corrected chi connectivity index (χ1v) is 7.98. The maximum atomic E-state index is 12.3. The van der Waals surface area contributed by atoms with Gasteiger partial charge in [0.1, 0.15) is 6.26 Å². The number of nitrogens with one attached hydrogen (secondary N) is 1. The van der Waals surface area contributed by atoms with Crippen molar-refractivity contribution in [2.24, 2.45) is 0 Å². The molecule has 0 aliphatic carbocycles. The van der Waals surface area contributed by atoms with E-state index in [4.69, 9.17) is 8.94 Å². The quantitative estimate of drug-likeness (QED) is 0.905. The Kier molecular flexibility index (Phi) is 4.76. The third-order valence-corrected chi connectivity index (χ3v) is 4.36. The van der Waals surface area contributed by atoms with Gasteiger partial charge in [0, 0.05) is 31.5 Å². The summed E-state index contributed by atoms with van der Waals surface area (Å²) >= 11 is 0. The predicted molar refractivity (Wildman–Crippen MR) is 83.1 cm³/mol.